The monoisotopic (exact) mass is 235 g/mol. The summed E-state index contributed by atoms with van der Waals surface area (Å²) < 4.78 is 5.22. The normalized spacial score (nSPS) is 19.9. The molecular formula is C13H21N3O. The number of methoxy groups -OCH3 is 1. The number of hydrogen-bond donors (Lipinski definition) is 1. The molecule has 1 aliphatic heterocycles. The molecule has 0 aliphatic carbocycles. The van der Waals surface area contributed by atoms with Crippen molar-refractivity contribution in [3.05, 3.63) is 23.9 Å². The molecule has 0 radical (unpaired) electrons. The van der Waals surface area contributed by atoms with Crippen molar-refractivity contribution in [2.75, 3.05) is 38.8 Å². The molecule has 2 heterocycles. The van der Waals surface area contributed by atoms with Crippen LogP contribution < -0.4 is 10.2 Å². The zero-order valence-corrected chi connectivity index (χ0v) is 10.6. The molecule has 94 valence electrons. The molecule has 1 unspecified atom stereocenters. The molecule has 1 atom stereocenters. The maximum atomic E-state index is 5.22. The summed E-state index contributed by atoms with van der Waals surface area (Å²) in [6.45, 7) is 3.82. The average molecular weight is 235 g/mol. The molecule has 1 fully saturated rings. The van der Waals surface area contributed by atoms with Gasteiger partial charge in [0.15, 0.2) is 0 Å². The van der Waals surface area contributed by atoms with Crippen molar-refractivity contribution in [2.45, 2.75) is 13.0 Å². The van der Waals surface area contributed by atoms with Crippen LogP contribution in [0.2, 0.25) is 0 Å². The highest BCUT2D eigenvalue weighted by Gasteiger charge is 2.23. The van der Waals surface area contributed by atoms with Crippen molar-refractivity contribution in [3.8, 4) is 0 Å². The summed E-state index contributed by atoms with van der Waals surface area (Å²) in [5.74, 6) is 1.74. The Kier molecular flexibility index (Phi) is 4.34. The number of nitrogens with zero attached hydrogens (tertiary/aromatic N) is 2. The van der Waals surface area contributed by atoms with Gasteiger partial charge in [0.25, 0.3) is 0 Å². The van der Waals surface area contributed by atoms with Gasteiger partial charge in [0.2, 0.25) is 0 Å². The van der Waals surface area contributed by atoms with Gasteiger partial charge in [-0.15, -0.1) is 0 Å². The first-order chi connectivity index (χ1) is 8.33. The van der Waals surface area contributed by atoms with Crippen LogP contribution in [0.3, 0.4) is 0 Å². The minimum Gasteiger partial charge on any atom is -0.384 e. The van der Waals surface area contributed by atoms with Gasteiger partial charge < -0.3 is 15.0 Å². The first-order valence-electron chi connectivity index (χ1n) is 6.18. The number of hydrogen-bond acceptors (Lipinski definition) is 4. The van der Waals surface area contributed by atoms with Gasteiger partial charge in [0.05, 0.1) is 12.3 Å². The van der Waals surface area contributed by atoms with Crippen molar-refractivity contribution in [1.82, 2.24) is 10.3 Å². The molecule has 1 aromatic heterocycles. The second kappa shape index (κ2) is 5.98. The molecule has 1 N–H and O–H groups in total. The summed E-state index contributed by atoms with van der Waals surface area (Å²) in [7, 11) is 3.72. The molecule has 1 saturated heterocycles. The van der Waals surface area contributed by atoms with Gasteiger partial charge in [-0.3, -0.25) is 0 Å². The maximum absolute atomic E-state index is 5.22. The van der Waals surface area contributed by atoms with Crippen LogP contribution in [0.5, 0.6) is 0 Å². The molecule has 2 rings (SSSR count). The zero-order chi connectivity index (χ0) is 12.1. The lowest BCUT2D eigenvalue weighted by atomic mass is 10.1. The van der Waals surface area contributed by atoms with E-state index in [1.54, 1.807) is 7.11 Å². The molecule has 0 spiro atoms. The quantitative estimate of drug-likeness (QED) is 0.834. The second-order valence-corrected chi connectivity index (χ2v) is 4.57. The molecule has 0 bridgehead atoms. The third-order valence-corrected chi connectivity index (χ3v) is 3.16. The van der Waals surface area contributed by atoms with E-state index in [0.29, 0.717) is 5.92 Å². The van der Waals surface area contributed by atoms with Crippen molar-refractivity contribution < 1.29 is 4.74 Å². The molecule has 0 saturated carbocycles. The summed E-state index contributed by atoms with van der Waals surface area (Å²) in [5, 5.41) is 3.13. The highest BCUT2D eigenvalue weighted by Crippen LogP contribution is 2.22. The van der Waals surface area contributed by atoms with E-state index in [1.807, 2.05) is 7.05 Å². The van der Waals surface area contributed by atoms with E-state index in [4.69, 9.17) is 4.74 Å². The van der Waals surface area contributed by atoms with Crippen LogP contribution >= 0.6 is 0 Å². The number of nitrogens with one attached hydrogen (secondary N) is 1. The van der Waals surface area contributed by atoms with E-state index < -0.39 is 0 Å². The van der Waals surface area contributed by atoms with Crippen molar-refractivity contribution >= 4 is 5.82 Å². The fraction of sp³-hybridized carbons (Fsp3) is 0.615. The fourth-order valence-corrected chi connectivity index (χ4v) is 2.34. The maximum Gasteiger partial charge on any atom is 0.128 e. The van der Waals surface area contributed by atoms with Gasteiger partial charge >= 0.3 is 0 Å². The van der Waals surface area contributed by atoms with E-state index in [1.165, 1.54) is 6.42 Å². The molecule has 4 nitrogen and oxygen atoms in total. The minimum absolute atomic E-state index is 0.648. The predicted molar refractivity (Wildman–Crippen MR) is 69.2 cm³/mol. The standard InChI is InChI=1S/C13H21N3O/c1-14-8-12-4-3-5-13(15-12)16-7-6-11(9-16)10-17-2/h3-5,11,14H,6-10H2,1-2H3. The molecule has 1 aromatic rings. The smallest absolute Gasteiger partial charge is 0.128 e. The van der Waals surface area contributed by atoms with Crippen LogP contribution in [0.4, 0.5) is 5.82 Å². The van der Waals surface area contributed by atoms with Gasteiger partial charge in [-0.2, -0.15) is 0 Å². The highest BCUT2D eigenvalue weighted by molar-refractivity contribution is 5.40. The number of rotatable bonds is 5. The van der Waals surface area contributed by atoms with Crippen LogP contribution in [-0.2, 0) is 11.3 Å². The Morgan fingerprint density at radius 1 is 1.53 bits per heavy atom. The van der Waals surface area contributed by atoms with Crippen LogP contribution in [0.1, 0.15) is 12.1 Å². The third kappa shape index (κ3) is 3.17. The van der Waals surface area contributed by atoms with E-state index >= 15 is 0 Å². The van der Waals surface area contributed by atoms with Crippen LogP contribution in [0.15, 0.2) is 18.2 Å². The number of ether oxygens (including phenoxy) is 1. The second-order valence-electron chi connectivity index (χ2n) is 4.57. The van der Waals surface area contributed by atoms with E-state index in [9.17, 15) is 0 Å². The first-order valence-corrected chi connectivity index (χ1v) is 6.18. The van der Waals surface area contributed by atoms with Gasteiger partial charge in [0.1, 0.15) is 5.82 Å². The van der Waals surface area contributed by atoms with Crippen molar-refractivity contribution in [1.29, 1.82) is 0 Å². The van der Waals surface area contributed by atoms with Crippen LogP contribution in [0, 0.1) is 5.92 Å². The Labute approximate surface area is 103 Å². The lowest BCUT2D eigenvalue weighted by Crippen LogP contribution is -2.22. The van der Waals surface area contributed by atoms with Crippen molar-refractivity contribution in [2.24, 2.45) is 5.92 Å². The Hall–Kier alpha value is -1.13. The summed E-state index contributed by atoms with van der Waals surface area (Å²) in [6.07, 6.45) is 1.20. The Morgan fingerprint density at radius 3 is 3.18 bits per heavy atom. The van der Waals surface area contributed by atoms with Gasteiger partial charge in [0, 0.05) is 32.7 Å². The van der Waals surface area contributed by atoms with Gasteiger partial charge in [-0.1, -0.05) is 6.07 Å². The van der Waals surface area contributed by atoms with E-state index in [2.05, 4.69) is 33.4 Å². The Bertz CT molecular complexity index is 356. The molecular weight excluding hydrogens is 214 g/mol. The summed E-state index contributed by atoms with van der Waals surface area (Å²) in [4.78, 5) is 7.01. The Balaban J connectivity index is 2.00. The lowest BCUT2D eigenvalue weighted by Gasteiger charge is -2.18. The number of aromatic nitrogens is 1. The predicted octanol–water partition coefficient (Wildman–Crippen LogP) is 1.27. The van der Waals surface area contributed by atoms with E-state index in [0.717, 1.165) is 37.8 Å². The fourth-order valence-electron chi connectivity index (χ4n) is 2.34. The van der Waals surface area contributed by atoms with Gasteiger partial charge in [-0.05, 0) is 25.6 Å². The number of anilines is 1. The van der Waals surface area contributed by atoms with E-state index in [-0.39, 0.29) is 0 Å². The molecule has 4 heteroatoms. The SMILES string of the molecule is CNCc1cccc(N2CCC(COC)C2)n1. The Morgan fingerprint density at radius 2 is 2.41 bits per heavy atom. The molecule has 0 amide bonds. The molecule has 0 aromatic carbocycles. The van der Waals surface area contributed by atoms with Gasteiger partial charge in [-0.25, -0.2) is 4.98 Å². The molecule has 1 aliphatic rings. The highest BCUT2D eigenvalue weighted by atomic mass is 16.5. The van der Waals surface area contributed by atoms with Crippen molar-refractivity contribution in [3.63, 3.8) is 0 Å². The largest absolute Gasteiger partial charge is 0.384 e. The van der Waals surface area contributed by atoms with Crippen LogP contribution in [-0.4, -0.2) is 38.8 Å². The number of pyridine rings is 1. The first kappa shape index (κ1) is 12.3. The van der Waals surface area contributed by atoms with Crippen LogP contribution in [0.25, 0.3) is 0 Å². The minimum atomic E-state index is 0.648. The summed E-state index contributed by atoms with van der Waals surface area (Å²) >= 11 is 0. The summed E-state index contributed by atoms with van der Waals surface area (Å²) in [5.41, 5.74) is 1.10. The third-order valence-electron chi connectivity index (χ3n) is 3.16. The molecule has 17 heavy (non-hydrogen) atoms. The lowest BCUT2D eigenvalue weighted by molar-refractivity contribution is 0.161. The summed E-state index contributed by atoms with van der Waals surface area (Å²) in [6, 6.07) is 6.23. The topological polar surface area (TPSA) is 37.4 Å². The average Bonchev–Trinajstić information content (AvgIpc) is 2.79. The zero-order valence-electron chi connectivity index (χ0n) is 10.6.